The number of anilines is 1. The summed E-state index contributed by atoms with van der Waals surface area (Å²) in [7, 11) is -5.74. The molecule has 2 saturated carbocycles. The normalized spacial score (nSPS) is 14.8. The molecule has 4 aromatic carbocycles. The molecule has 0 atom stereocenters. The first-order valence-electron chi connectivity index (χ1n) is 17.0. The zero-order valence-electron chi connectivity index (χ0n) is 29.3. The van der Waals surface area contributed by atoms with Gasteiger partial charge in [0, 0.05) is 17.3 Å². The Morgan fingerprint density at radius 2 is 1.41 bits per heavy atom. The molecule has 0 aromatic heterocycles. The topological polar surface area (TPSA) is 95.0 Å². The Morgan fingerprint density at radius 1 is 0.796 bits per heavy atom. The van der Waals surface area contributed by atoms with Gasteiger partial charge < -0.3 is 10.0 Å². The Kier molecular flexibility index (Phi) is 10.7. The van der Waals surface area contributed by atoms with Gasteiger partial charge in [-0.1, -0.05) is 56.6 Å². The molecular weight excluding hydrogens is 758 g/mol. The van der Waals surface area contributed by atoms with Crippen LogP contribution in [0.3, 0.4) is 0 Å². The maximum atomic E-state index is 15.1. The monoisotopic (exact) mass is 792 g/mol. The molecule has 0 radical (unpaired) electrons. The molecule has 0 bridgehead atoms. The summed E-state index contributed by atoms with van der Waals surface area (Å²) in [5, 5.41) is 9.41. The number of hydrogen-bond donors (Lipinski definition) is 1. The molecule has 54 heavy (non-hydrogen) atoms. The quantitative estimate of drug-likeness (QED) is 0.0877. The molecular formula is C39H35ClF6N2O5S. The minimum Gasteiger partial charge on any atom is -0.478 e. The van der Waals surface area contributed by atoms with Crippen LogP contribution in [0.25, 0.3) is 0 Å². The van der Waals surface area contributed by atoms with Crippen molar-refractivity contribution in [3.05, 3.63) is 128 Å². The van der Waals surface area contributed by atoms with Gasteiger partial charge in [0.2, 0.25) is 21.7 Å². The SMILES string of the molecule is CC(C)(C)c1cc(CN(C(=O)CN(Cc2ccc(F)cc2Cl)S(=O)(=O)c2c(F)c(F)c(F)c(F)c2F)c2ccc(C(=O)O)cc2C2CC2)cc(C2CC2)c1. The number of nitrogens with zero attached hydrogens (tertiary/aromatic N) is 2. The van der Waals surface area contributed by atoms with Crippen molar-refractivity contribution >= 4 is 39.2 Å². The van der Waals surface area contributed by atoms with Crippen molar-refractivity contribution in [2.45, 2.75) is 81.7 Å². The molecule has 1 amide bonds. The highest BCUT2D eigenvalue weighted by atomic mass is 35.5. The van der Waals surface area contributed by atoms with E-state index in [0.29, 0.717) is 29.9 Å². The van der Waals surface area contributed by atoms with Gasteiger partial charge in [-0.15, -0.1) is 0 Å². The van der Waals surface area contributed by atoms with Crippen molar-refractivity contribution in [2.75, 3.05) is 11.4 Å². The zero-order valence-corrected chi connectivity index (χ0v) is 30.9. The number of rotatable bonds is 12. The first-order valence-corrected chi connectivity index (χ1v) is 18.9. The van der Waals surface area contributed by atoms with Gasteiger partial charge in [0.15, 0.2) is 28.2 Å². The summed E-state index contributed by atoms with van der Waals surface area (Å²) in [6.07, 6.45) is 3.28. The van der Waals surface area contributed by atoms with Crippen molar-refractivity contribution < 1.29 is 49.5 Å². The molecule has 2 fully saturated rings. The molecule has 0 spiro atoms. The van der Waals surface area contributed by atoms with Crippen LogP contribution in [0.2, 0.25) is 5.02 Å². The van der Waals surface area contributed by atoms with Crippen LogP contribution in [-0.4, -0.2) is 36.3 Å². The van der Waals surface area contributed by atoms with E-state index in [1.54, 1.807) is 0 Å². The number of carboxylic acid groups (broad SMARTS) is 1. The minimum atomic E-state index is -5.74. The van der Waals surface area contributed by atoms with E-state index in [-0.39, 0.29) is 44.0 Å². The lowest BCUT2D eigenvalue weighted by molar-refractivity contribution is -0.119. The molecule has 2 aliphatic carbocycles. The smallest absolute Gasteiger partial charge is 0.335 e. The lowest BCUT2D eigenvalue weighted by Crippen LogP contribution is -2.43. The van der Waals surface area contributed by atoms with E-state index >= 15 is 8.78 Å². The third-order valence-electron chi connectivity index (χ3n) is 9.59. The average molecular weight is 793 g/mol. The van der Waals surface area contributed by atoms with Crippen molar-refractivity contribution in [2.24, 2.45) is 0 Å². The number of carbonyl (C=O) groups excluding carboxylic acids is 1. The summed E-state index contributed by atoms with van der Waals surface area (Å²) in [5.74, 6) is -15.8. The van der Waals surface area contributed by atoms with Crippen LogP contribution >= 0.6 is 11.6 Å². The van der Waals surface area contributed by atoms with E-state index in [9.17, 15) is 40.7 Å². The summed E-state index contributed by atoms with van der Waals surface area (Å²) >= 11 is 6.18. The van der Waals surface area contributed by atoms with Gasteiger partial charge in [-0.25, -0.2) is 39.6 Å². The lowest BCUT2D eigenvalue weighted by atomic mass is 9.84. The van der Waals surface area contributed by atoms with Gasteiger partial charge >= 0.3 is 5.97 Å². The number of benzene rings is 4. The van der Waals surface area contributed by atoms with Crippen LogP contribution in [0.1, 0.15) is 96.5 Å². The number of aromatic carboxylic acids is 1. The van der Waals surface area contributed by atoms with Gasteiger partial charge in [-0.05, 0) is 101 Å². The summed E-state index contributed by atoms with van der Waals surface area (Å²) in [4.78, 5) is 25.7. The van der Waals surface area contributed by atoms with Crippen LogP contribution < -0.4 is 4.90 Å². The maximum absolute atomic E-state index is 15.1. The van der Waals surface area contributed by atoms with E-state index in [4.69, 9.17) is 11.6 Å². The Morgan fingerprint density at radius 3 is 1.96 bits per heavy atom. The van der Waals surface area contributed by atoms with Gasteiger partial charge in [-0.3, -0.25) is 4.79 Å². The van der Waals surface area contributed by atoms with Gasteiger partial charge in [0.1, 0.15) is 5.82 Å². The predicted molar refractivity (Wildman–Crippen MR) is 189 cm³/mol. The zero-order chi connectivity index (χ0) is 39.4. The van der Waals surface area contributed by atoms with E-state index in [0.717, 1.165) is 42.2 Å². The fourth-order valence-corrected chi connectivity index (χ4v) is 7.99. The number of sulfonamides is 1. The van der Waals surface area contributed by atoms with E-state index in [1.165, 1.54) is 23.1 Å². The number of carbonyl (C=O) groups is 2. The van der Waals surface area contributed by atoms with Crippen molar-refractivity contribution in [1.82, 2.24) is 4.31 Å². The average Bonchev–Trinajstić information content (AvgIpc) is 4.03. The standard InChI is InChI=1S/C39H35ClF6N2O5S/c1-39(2,3)26-13-20(12-25(14-26)21-4-5-21)17-48(30-11-9-23(38(50)51)15-28(30)22-6-7-22)31(49)19-47(18-24-8-10-27(41)16-29(24)40)54(52,53)37-35(45)33(43)32(42)34(44)36(37)46/h8-16,21-22H,4-7,17-19H2,1-3H3,(H,50,51). The molecule has 2 aliphatic rings. The van der Waals surface area contributed by atoms with Crippen molar-refractivity contribution in [1.29, 1.82) is 0 Å². The predicted octanol–water partition coefficient (Wildman–Crippen LogP) is 9.35. The molecule has 0 aliphatic heterocycles. The van der Waals surface area contributed by atoms with E-state index < -0.39 is 74.8 Å². The van der Waals surface area contributed by atoms with Gasteiger partial charge in [0.05, 0.1) is 18.7 Å². The number of carboxylic acids is 1. The third-order valence-corrected chi connectivity index (χ3v) is 11.8. The molecule has 286 valence electrons. The Hall–Kier alpha value is -4.40. The third kappa shape index (κ3) is 8.01. The number of halogens is 7. The second-order valence-electron chi connectivity index (χ2n) is 14.7. The Bertz CT molecular complexity index is 2260. The van der Waals surface area contributed by atoms with Crippen LogP contribution in [-0.2, 0) is 33.3 Å². The minimum absolute atomic E-state index is 0.0553. The highest BCUT2D eigenvalue weighted by Crippen LogP contribution is 2.46. The highest BCUT2D eigenvalue weighted by Gasteiger charge is 2.40. The molecule has 15 heteroatoms. The van der Waals surface area contributed by atoms with E-state index in [2.05, 4.69) is 6.07 Å². The van der Waals surface area contributed by atoms with Crippen LogP contribution in [0.5, 0.6) is 0 Å². The summed E-state index contributed by atoms with van der Waals surface area (Å²) in [6.45, 7) is 3.73. The van der Waals surface area contributed by atoms with Crippen molar-refractivity contribution in [3.63, 3.8) is 0 Å². The van der Waals surface area contributed by atoms with Gasteiger partial charge in [0.25, 0.3) is 0 Å². The summed E-state index contributed by atoms with van der Waals surface area (Å²) in [5.41, 5.74) is 2.86. The lowest BCUT2D eigenvalue weighted by Gasteiger charge is -2.30. The second-order valence-corrected chi connectivity index (χ2v) is 17.0. The molecule has 0 heterocycles. The molecule has 0 unspecified atom stereocenters. The number of amides is 1. The van der Waals surface area contributed by atoms with Crippen LogP contribution in [0.15, 0.2) is 59.5 Å². The van der Waals surface area contributed by atoms with Gasteiger partial charge in [-0.2, -0.15) is 4.31 Å². The highest BCUT2D eigenvalue weighted by molar-refractivity contribution is 7.89. The molecule has 4 aromatic rings. The maximum Gasteiger partial charge on any atom is 0.335 e. The first kappa shape index (κ1) is 39.3. The fourth-order valence-electron chi connectivity index (χ4n) is 6.28. The number of hydrogen-bond acceptors (Lipinski definition) is 4. The summed E-state index contributed by atoms with van der Waals surface area (Å²) < 4.78 is 115. The molecule has 7 nitrogen and oxygen atoms in total. The Labute approximate surface area is 313 Å². The van der Waals surface area contributed by atoms with Crippen LogP contribution in [0, 0.1) is 34.9 Å². The molecule has 6 rings (SSSR count). The second kappa shape index (κ2) is 14.7. The molecule has 1 N–H and O–H groups in total. The largest absolute Gasteiger partial charge is 0.478 e. The Balaban J connectivity index is 1.50. The molecule has 0 saturated heterocycles. The van der Waals surface area contributed by atoms with E-state index in [1.807, 2.05) is 32.9 Å². The first-order chi connectivity index (χ1) is 25.3. The fraction of sp³-hybridized carbons (Fsp3) is 0.333. The van der Waals surface area contributed by atoms with Crippen molar-refractivity contribution in [3.8, 4) is 0 Å². The van der Waals surface area contributed by atoms with Crippen LogP contribution in [0.4, 0.5) is 32.0 Å². The summed E-state index contributed by atoms with van der Waals surface area (Å²) in [6, 6.07) is 12.8.